The lowest BCUT2D eigenvalue weighted by Gasteiger charge is -2.28. The summed E-state index contributed by atoms with van der Waals surface area (Å²) in [5.74, 6) is -1.96. The summed E-state index contributed by atoms with van der Waals surface area (Å²) >= 11 is 0. The number of hydrogen-bond acceptors (Lipinski definition) is 7. The smallest absolute Gasteiger partial charge is 0.251 e. The van der Waals surface area contributed by atoms with E-state index in [1.807, 2.05) is 66.4 Å². The van der Waals surface area contributed by atoms with Gasteiger partial charge in [0.2, 0.25) is 17.7 Å². The molecule has 1 aliphatic rings. The molecule has 3 aromatic rings. The van der Waals surface area contributed by atoms with Crippen molar-refractivity contribution in [3.05, 3.63) is 71.9 Å². The summed E-state index contributed by atoms with van der Waals surface area (Å²) in [6, 6.07) is 14.1. The van der Waals surface area contributed by atoms with E-state index in [0.717, 1.165) is 28.5 Å². The Labute approximate surface area is 269 Å². The predicted octanol–water partition coefficient (Wildman–Crippen LogP) is 1.38. The lowest BCUT2D eigenvalue weighted by Crippen LogP contribution is -2.58. The van der Waals surface area contributed by atoms with Crippen LogP contribution in [0.15, 0.2) is 60.8 Å². The van der Waals surface area contributed by atoms with Crippen LogP contribution in [0.5, 0.6) is 0 Å². The molecule has 248 valence electrons. The molecule has 0 bridgehead atoms. The molecule has 0 radical (unpaired) electrons. The number of aliphatic hydroxyl groups is 1. The molecule has 6 N–H and O–H groups in total. The van der Waals surface area contributed by atoms with Gasteiger partial charge in [-0.3, -0.25) is 24.1 Å². The maximum Gasteiger partial charge on any atom is 0.251 e. The minimum atomic E-state index is -1.50. The van der Waals surface area contributed by atoms with E-state index in [2.05, 4.69) is 26.3 Å². The van der Waals surface area contributed by atoms with Gasteiger partial charge in [-0.05, 0) is 30.5 Å². The topological polar surface area (TPSA) is 165 Å². The number of morpholine rings is 1. The summed E-state index contributed by atoms with van der Waals surface area (Å²) in [4.78, 5) is 57.9. The second-order valence-electron chi connectivity index (χ2n) is 11.7. The SMILES string of the molecule is CCCCC(NC(=O)[C@H](Cc1c[nH]c2ccccc12)NC(=O)[C@H](C)NC(=O)CN1CCOCC1)[C@H](O)C(=O)NCc1ccccc1. The Morgan fingerprint density at radius 1 is 0.935 bits per heavy atom. The molecule has 1 aromatic heterocycles. The van der Waals surface area contributed by atoms with Gasteiger partial charge in [-0.15, -0.1) is 0 Å². The zero-order valence-electron chi connectivity index (χ0n) is 26.6. The minimum absolute atomic E-state index is 0.142. The van der Waals surface area contributed by atoms with Crippen LogP contribution >= 0.6 is 0 Å². The summed E-state index contributed by atoms with van der Waals surface area (Å²) < 4.78 is 5.33. The van der Waals surface area contributed by atoms with Gasteiger partial charge in [-0.25, -0.2) is 0 Å². The molecule has 1 saturated heterocycles. The number of H-pyrrole nitrogens is 1. The highest BCUT2D eigenvalue weighted by atomic mass is 16.5. The van der Waals surface area contributed by atoms with Crippen molar-refractivity contribution in [2.45, 2.75) is 70.3 Å². The van der Waals surface area contributed by atoms with Crippen LogP contribution in [0.25, 0.3) is 10.9 Å². The third-order valence-corrected chi connectivity index (χ3v) is 8.13. The zero-order chi connectivity index (χ0) is 32.9. The summed E-state index contributed by atoms with van der Waals surface area (Å²) in [6.07, 6.45) is 2.27. The van der Waals surface area contributed by atoms with Crippen LogP contribution in [-0.4, -0.2) is 95.7 Å². The number of hydrogen-bond donors (Lipinski definition) is 6. The molecule has 1 aliphatic heterocycles. The van der Waals surface area contributed by atoms with Crippen LogP contribution in [0, 0.1) is 0 Å². The van der Waals surface area contributed by atoms with Crippen molar-refractivity contribution < 1.29 is 29.0 Å². The standard InChI is InChI=1S/C34H46N6O6/c1-3-4-13-28(31(42)34(45)36-20-24-10-6-5-7-11-24)38-33(44)29(19-25-21-35-27-14-9-8-12-26(25)27)39-32(43)23(2)37-30(41)22-40-15-17-46-18-16-40/h5-12,14,21,23,28-29,31,35,42H,3-4,13,15-20,22H2,1-2H3,(H,36,45)(H,37,41)(H,38,44)(H,39,43)/t23-,28?,29-,31-/m0/s1. The van der Waals surface area contributed by atoms with E-state index >= 15 is 0 Å². The molecule has 4 amide bonds. The van der Waals surface area contributed by atoms with Gasteiger partial charge in [0, 0.05) is 43.2 Å². The first-order valence-corrected chi connectivity index (χ1v) is 16.0. The Hall–Kier alpha value is -4.26. The summed E-state index contributed by atoms with van der Waals surface area (Å²) in [6.45, 7) is 6.30. The van der Waals surface area contributed by atoms with E-state index < -0.39 is 42.0 Å². The number of aromatic nitrogens is 1. The van der Waals surface area contributed by atoms with Gasteiger partial charge < -0.3 is 36.1 Å². The third kappa shape index (κ3) is 10.1. The molecule has 0 saturated carbocycles. The number of nitrogens with one attached hydrogen (secondary N) is 5. The Morgan fingerprint density at radius 2 is 1.65 bits per heavy atom. The van der Waals surface area contributed by atoms with E-state index in [4.69, 9.17) is 4.74 Å². The molecule has 46 heavy (non-hydrogen) atoms. The van der Waals surface area contributed by atoms with Crippen LogP contribution in [0.4, 0.5) is 0 Å². The lowest BCUT2D eigenvalue weighted by molar-refractivity contribution is -0.134. The fourth-order valence-electron chi connectivity index (χ4n) is 5.43. The summed E-state index contributed by atoms with van der Waals surface area (Å²) in [5.41, 5.74) is 2.58. The number of unbranched alkanes of at least 4 members (excludes halogenated alkanes) is 1. The van der Waals surface area contributed by atoms with Gasteiger partial charge in [0.1, 0.15) is 12.1 Å². The second kappa shape index (κ2) is 17.4. The molecule has 1 unspecified atom stereocenters. The number of benzene rings is 2. The molecule has 12 nitrogen and oxygen atoms in total. The van der Waals surface area contributed by atoms with E-state index in [1.54, 1.807) is 13.1 Å². The monoisotopic (exact) mass is 634 g/mol. The second-order valence-corrected chi connectivity index (χ2v) is 11.7. The van der Waals surface area contributed by atoms with Gasteiger partial charge in [-0.2, -0.15) is 0 Å². The fourth-order valence-corrected chi connectivity index (χ4v) is 5.43. The molecule has 0 aliphatic carbocycles. The number of para-hydroxylation sites is 1. The molecular weight excluding hydrogens is 588 g/mol. The zero-order valence-corrected chi connectivity index (χ0v) is 26.6. The quantitative estimate of drug-likeness (QED) is 0.139. The predicted molar refractivity (Wildman–Crippen MR) is 175 cm³/mol. The van der Waals surface area contributed by atoms with Gasteiger partial charge in [0.15, 0.2) is 6.10 Å². The van der Waals surface area contributed by atoms with E-state index in [1.165, 1.54) is 0 Å². The Bertz CT molecular complexity index is 1440. The first-order chi connectivity index (χ1) is 22.2. The molecular formula is C34H46N6O6. The van der Waals surface area contributed by atoms with Gasteiger partial charge >= 0.3 is 0 Å². The molecule has 4 rings (SSSR count). The number of aliphatic hydroxyl groups excluding tert-OH is 1. The van der Waals surface area contributed by atoms with Crippen molar-refractivity contribution in [2.75, 3.05) is 32.8 Å². The molecule has 2 aromatic carbocycles. The highest BCUT2D eigenvalue weighted by Gasteiger charge is 2.32. The number of fused-ring (bicyclic) bond motifs is 1. The van der Waals surface area contributed by atoms with E-state index in [-0.39, 0.29) is 25.4 Å². The normalized spacial score (nSPS) is 16.2. The highest BCUT2D eigenvalue weighted by Crippen LogP contribution is 2.19. The average molecular weight is 635 g/mol. The van der Waals surface area contributed by atoms with E-state index in [0.29, 0.717) is 39.1 Å². The first kappa shape index (κ1) is 34.6. The van der Waals surface area contributed by atoms with Crippen LogP contribution < -0.4 is 21.3 Å². The lowest BCUT2D eigenvalue weighted by atomic mass is 10.0. The van der Waals surface area contributed by atoms with Crippen molar-refractivity contribution in [1.82, 2.24) is 31.2 Å². The van der Waals surface area contributed by atoms with E-state index in [9.17, 15) is 24.3 Å². The van der Waals surface area contributed by atoms with Crippen molar-refractivity contribution in [3.63, 3.8) is 0 Å². The van der Waals surface area contributed by atoms with Crippen molar-refractivity contribution in [2.24, 2.45) is 0 Å². The van der Waals surface area contributed by atoms with Crippen LogP contribution in [0.2, 0.25) is 0 Å². The minimum Gasteiger partial charge on any atom is -0.381 e. The maximum absolute atomic E-state index is 13.8. The fraction of sp³-hybridized carbons (Fsp3) is 0.471. The Balaban J connectivity index is 1.45. The number of ether oxygens (including phenoxy) is 1. The number of amides is 4. The van der Waals surface area contributed by atoms with Crippen LogP contribution in [-0.2, 0) is 36.9 Å². The third-order valence-electron chi connectivity index (χ3n) is 8.13. The van der Waals surface area contributed by atoms with Gasteiger partial charge in [-0.1, -0.05) is 68.3 Å². The summed E-state index contributed by atoms with van der Waals surface area (Å²) in [5, 5.41) is 23.1. The number of nitrogens with zero attached hydrogens (tertiary/aromatic N) is 1. The number of carbonyl (C=O) groups excluding carboxylic acids is 4. The summed E-state index contributed by atoms with van der Waals surface area (Å²) in [7, 11) is 0. The molecule has 1 fully saturated rings. The molecule has 12 heteroatoms. The van der Waals surface area contributed by atoms with Gasteiger partial charge in [0.05, 0.1) is 25.8 Å². The molecule has 2 heterocycles. The van der Waals surface area contributed by atoms with Crippen LogP contribution in [0.3, 0.4) is 0 Å². The molecule has 4 atom stereocenters. The highest BCUT2D eigenvalue weighted by molar-refractivity contribution is 5.93. The average Bonchev–Trinajstić information content (AvgIpc) is 3.48. The Kier molecular flexibility index (Phi) is 13.1. The maximum atomic E-state index is 13.8. The largest absolute Gasteiger partial charge is 0.381 e. The first-order valence-electron chi connectivity index (χ1n) is 16.0. The van der Waals surface area contributed by atoms with Crippen molar-refractivity contribution >= 4 is 34.5 Å². The number of aromatic amines is 1. The van der Waals surface area contributed by atoms with Gasteiger partial charge in [0.25, 0.3) is 5.91 Å². The molecule has 0 spiro atoms. The number of carbonyl (C=O) groups is 4. The van der Waals surface area contributed by atoms with Crippen molar-refractivity contribution in [1.29, 1.82) is 0 Å². The van der Waals surface area contributed by atoms with Crippen molar-refractivity contribution in [3.8, 4) is 0 Å². The number of rotatable bonds is 16. The Morgan fingerprint density at radius 3 is 2.39 bits per heavy atom. The van der Waals surface area contributed by atoms with Crippen LogP contribution in [0.1, 0.15) is 44.2 Å².